The molecule has 0 aliphatic rings. The molecule has 0 aliphatic heterocycles. The van der Waals surface area contributed by atoms with E-state index in [2.05, 4.69) is 5.32 Å². The number of alkyl halides is 1. The van der Waals surface area contributed by atoms with Gasteiger partial charge in [0.15, 0.2) is 0 Å². The van der Waals surface area contributed by atoms with Crippen LogP contribution in [0.1, 0.15) is 12.0 Å². The van der Waals surface area contributed by atoms with Gasteiger partial charge in [0.2, 0.25) is 0 Å². The third-order valence-corrected chi connectivity index (χ3v) is 2.86. The number of nitrogens with one attached hydrogen (secondary N) is 1. The molecule has 0 fully saturated rings. The standard InChI is InChI=1S/C12H17Cl2NO/c1-16-12-4-3-10(9-11(12)14)5-8-15-7-2-6-13/h3-4,9,15H,2,5-8H2,1H3. The zero-order chi connectivity index (χ0) is 11.8. The first-order valence-electron chi connectivity index (χ1n) is 5.37. The van der Waals surface area contributed by atoms with E-state index in [-0.39, 0.29) is 0 Å². The Labute approximate surface area is 107 Å². The summed E-state index contributed by atoms with van der Waals surface area (Å²) in [5.41, 5.74) is 1.21. The highest BCUT2D eigenvalue weighted by Gasteiger charge is 2.01. The summed E-state index contributed by atoms with van der Waals surface area (Å²) in [5.74, 6) is 1.43. The SMILES string of the molecule is COc1ccc(CCNCCCCl)cc1Cl. The fourth-order valence-electron chi connectivity index (χ4n) is 1.41. The summed E-state index contributed by atoms with van der Waals surface area (Å²) < 4.78 is 5.10. The third-order valence-electron chi connectivity index (χ3n) is 2.29. The average molecular weight is 262 g/mol. The summed E-state index contributed by atoms with van der Waals surface area (Å²) in [6.07, 6.45) is 1.97. The van der Waals surface area contributed by atoms with Gasteiger partial charge in [0.25, 0.3) is 0 Å². The van der Waals surface area contributed by atoms with E-state index in [1.54, 1.807) is 7.11 Å². The molecule has 0 spiro atoms. The molecule has 0 atom stereocenters. The first kappa shape index (κ1) is 13.6. The number of hydrogen-bond donors (Lipinski definition) is 1. The van der Waals surface area contributed by atoms with Gasteiger partial charge < -0.3 is 10.1 Å². The molecule has 1 N–H and O–H groups in total. The summed E-state index contributed by atoms with van der Waals surface area (Å²) in [5, 5.41) is 3.99. The molecular weight excluding hydrogens is 245 g/mol. The van der Waals surface area contributed by atoms with Crippen LogP contribution in [0, 0.1) is 0 Å². The Balaban J connectivity index is 2.34. The second kappa shape index (κ2) is 7.77. The molecule has 0 aromatic heterocycles. The predicted molar refractivity (Wildman–Crippen MR) is 69.9 cm³/mol. The molecule has 4 heteroatoms. The van der Waals surface area contributed by atoms with E-state index in [0.29, 0.717) is 10.9 Å². The molecule has 0 amide bonds. The normalized spacial score (nSPS) is 10.4. The fraction of sp³-hybridized carbons (Fsp3) is 0.500. The lowest BCUT2D eigenvalue weighted by Crippen LogP contribution is -2.18. The van der Waals surface area contributed by atoms with Crippen LogP contribution in [-0.2, 0) is 6.42 Å². The predicted octanol–water partition coefficient (Wildman–Crippen LogP) is 3.11. The van der Waals surface area contributed by atoms with Gasteiger partial charge in [-0.25, -0.2) is 0 Å². The molecule has 0 radical (unpaired) electrons. The average Bonchev–Trinajstić information content (AvgIpc) is 2.29. The number of methoxy groups -OCH3 is 1. The second-order valence-electron chi connectivity index (χ2n) is 3.51. The Kier molecular flexibility index (Phi) is 6.62. The Morgan fingerprint density at radius 1 is 1.31 bits per heavy atom. The van der Waals surface area contributed by atoms with Gasteiger partial charge in [-0.1, -0.05) is 17.7 Å². The lowest BCUT2D eigenvalue weighted by atomic mass is 10.1. The van der Waals surface area contributed by atoms with E-state index in [9.17, 15) is 0 Å². The maximum atomic E-state index is 6.03. The molecule has 1 aromatic rings. The van der Waals surface area contributed by atoms with E-state index in [4.69, 9.17) is 27.9 Å². The van der Waals surface area contributed by atoms with Crippen molar-refractivity contribution >= 4 is 23.2 Å². The molecule has 90 valence electrons. The lowest BCUT2D eigenvalue weighted by Gasteiger charge is -2.07. The third kappa shape index (κ3) is 4.60. The molecule has 0 saturated heterocycles. The number of hydrogen-bond acceptors (Lipinski definition) is 2. The molecular formula is C12H17Cl2NO. The fourth-order valence-corrected chi connectivity index (χ4v) is 1.83. The monoisotopic (exact) mass is 261 g/mol. The van der Waals surface area contributed by atoms with Crippen molar-refractivity contribution in [3.8, 4) is 5.75 Å². The van der Waals surface area contributed by atoms with Crippen LogP contribution in [0.5, 0.6) is 5.75 Å². The topological polar surface area (TPSA) is 21.3 Å². The Morgan fingerprint density at radius 2 is 2.12 bits per heavy atom. The lowest BCUT2D eigenvalue weighted by molar-refractivity contribution is 0.415. The molecule has 0 unspecified atom stereocenters. The quantitative estimate of drug-likeness (QED) is 0.602. The number of rotatable bonds is 7. The minimum absolute atomic E-state index is 0.667. The largest absolute Gasteiger partial charge is 0.495 e. The summed E-state index contributed by atoms with van der Waals surface area (Å²) in [6.45, 7) is 1.91. The summed E-state index contributed by atoms with van der Waals surface area (Å²) in [4.78, 5) is 0. The highest BCUT2D eigenvalue weighted by Crippen LogP contribution is 2.24. The maximum absolute atomic E-state index is 6.03. The van der Waals surface area contributed by atoms with Gasteiger partial charge in [0, 0.05) is 5.88 Å². The van der Waals surface area contributed by atoms with Crippen LogP contribution in [-0.4, -0.2) is 26.1 Å². The second-order valence-corrected chi connectivity index (χ2v) is 4.30. The van der Waals surface area contributed by atoms with Crippen molar-refractivity contribution in [1.82, 2.24) is 5.32 Å². The van der Waals surface area contributed by atoms with Crippen LogP contribution >= 0.6 is 23.2 Å². The van der Waals surface area contributed by atoms with Crippen molar-refractivity contribution in [2.45, 2.75) is 12.8 Å². The molecule has 0 heterocycles. The summed E-state index contributed by atoms with van der Waals surface area (Å²) >= 11 is 11.6. The minimum Gasteiger partial charge on any atom is -0.495 e. The van der Waals surface area contributed by atoms with Crippen molar-refractivity contribution in [3.05, 3.63) is 28.8 Å². The van der Waals surface area contributed by atoms with Crippen molar-refractivity contribution in [2.24, 2.45) is 0 Å². The van der Waals surface area contributed by atoms with Gasteiger partial charge in [0.1, 0.15) is 5.75 Å². The summed E-state index contributed by atoms with van der Waals surface area (Å²) in [6, 6.07) is 5.88. The summed E-state index contributed by atoms with van der Waals surface area (Å²) in [7, 11) is 1.62. The highest BCUT2D eigenvalue weighted by atomic mass is 35.5. The highest BCUT2D eigenvalue weighted by molar-refractivity contribution is 6.32. The van der Waals surface area contributed by atoms with E-state index in [1.165, 1.54) is 5.56 Å². The van der Waals surface area contributed by atoms with Gasteiger partial charge in [-0.3, -0.25) is 0 Å². The van der Waals surface area contributed by atoms with E-state index in [1.807, 2.05) is 18.2 Å². The minimum atomic E-state index is 0.667. The molecule has 0 bridgehead atoms. The Hall–Kier alpha value is -0.440. The molecule has 2 nitrogen and oxygen atoms in total. The van der Waals surface area contributed by atoms with Gasteiger partial charge in [-0.15, -0.1) is 11.6 Å². The van der Waals surface area contributed by atoms with Crippen LogP contribution in [0.4, 0.5) is 0 Å². The van der Waals surface area contributed by atoms with Crippen LogP contribution in [0.15, 0.2) is 18.2 Å². The van der Waals surface area contributed by atoms with E-state index < -0.39 is 0 Å². The molecule has 1 rings (SSSR count). The van der Waals surface area contributed by atoms with Crippen LogP contribution in [0.3, 0.4) is 0 Å². The first-order valence-corrected chi connectivity index (χ1v) is 6.28. The zero-order valence-electron chi connectivity index (χ0n) is 9.43. The van der Waals surface area contributed by atoms with Gasteiger partial charge >= 0.3 is 0 Å². The molecule has 0 saturated carbocycles. The molecule has 1 aromatic carbocycles. The van der Waals surface area contributed by atoms with Gasteiger partial charge in [0.05, 0.1) is 12.1 Å². The number of ether oxygens (including phenoxy) is 1. The first-order chi connectivity index (χ1) is 7.77. The smallest absolute Gasteiger partial charge is 0.137 e. The van der Waals surface area contributed by atoms with E-state index >= 15 is 0 Å². The zero-order valence-corrected chi connectivity index (χ0v) is 10.9. The van der Waals surface area contributed by atoms with Crippen LogP contribution in [0.25, 0.3) is 0 Å². The van der Waals surface area contributed by atoms with Crippen molar-refractivity contribution in [1.29, 1.82) is 0 Å². The van der Waals surface area contributed by atoms with Crippen LogP contribution < -0.4 is 10.1 Å². The van der Waals surface area contributed by atoms with Crippen molar-refractivity contribution in [2.75, 3.05) is 26.1 Å². The van der Waals surface area contributed by atoms with E-state index in [0.717, 1.165) is 31.7 Å². The van der Waals surface area contributed by atoms with Crippen molar-refractivity contribution < 1.29 is 4.74 Å². The van der Waals surface area contributed by atoms with Gasteiger partial charge in [-0.05, 0) is 43.6 Å². The molecule has 0 aliphatic carbocycles. The maximum Gasteiger partial charge on any atom is 0.137 e. The number of benzene rings is 1. The Morgan fingerprint density at radius 3 is 2.75 bits per heavy atom. The van der Waals surface area contributed by atoms with Gasteiger partial charge in [-0.2, -0.15) is 0 Å². The van der Waals surface area contributed by atoms with Crippen molar-refractivity contribution in [3.63, 3.8) is 0 Å². The number of halogens is 2. The Bertz CT molecular complexity index is 318. The molecule has 16 heavy (non-hydrogen) atoms. The van der Waals surface area contributed by atoms with Crippen LogP contribution in [0.2, 0.25) is 5.02 Å².